The van der Waals surface area contributed by atoms with Gasteiger partial charge in [0.05, 0.1) is 18.8 Å². The van der Waals surface area contributed by atoms with Crippen LogP contribution in [0.1, 0.15) is 33.5 Å². The Bertz CT molecular complexity index is 998. The van der Waals surface area contributed by atoms with Crippen LogP contribution in [-0.4, -0.2) is 40.6 Å². The molecule has 0 radical (unpaired) electrons. The fourth-order valence-corrected chi connectivity index (χ4v) is 3.45. The van der Waals surface area contributed by atoms with Gasteiger partial charge in [0.1, 0.15) is 6.10 Å². The van der Waals surface area contributed by atoms with Gasteiger partial charge < -0.3 is 15.4 Å². The van der Waals surface area contributed by atoms with Gasteiger partial charge in [-0.3, -0.25) is 9.78 Å². The Balaban J connectivity index is 1.50. The van der Waals surface area contributed by atoms with Crippen molar-refractivity contribution in [3.8, 4) is 11.1 Å². The van der Waals surface area contributed by atoms with E-state index in [1.165, 1.54) is 0 Å². The Morgan fingerprint density at radius 1 is 1.07 bits per heavy atom. The van der Waals surface area contributed by atoms with E-state index in [4.69, 9.17) is 10.5 Å². The Morgan fingerprint density at radius 3 is 2.38 bits per heavy atom. The lowest BCUT2D eigenvalue weighted by Crippen LogP contribution is -2.39. The van der Waals surface area contributed by atoms with Crippen molar-refractivity contribution in [2.75, 3.05) is 24.6 Å². The molecule has 2 aromatic heterocycles. The molecule has 29 heavy (non-hydrogen) atoms. The van der Waals surface area contributed by atoms with Crippen LogP contribution in [0.5, 0.6) is 0 Å². The van der Waals surface area contributed by atoms with Gasteiger partial charge in [0.2, 0.25) is 11.9 Å². The highest BCUT2D eigenvalue weighted by Crippen LogP contribution is 2.26. The van der Waals surface area contributed by atoms with Gasteiger partial charge >= 0.3 is 0 Å². The predicted molar refractivity (Wildman–Crippen MR) is 111 cm³/mol. The van der Waals surface area contributed by atoms with Crippen LogP contribution < -0.4 is 10.6 Å². The van der Waals surface area contributed by atoms with Gasteiger partial charge in [-0.2, -0.15) is 0 Å². The first-order valence-electron chi connectivity index (χ1n) is 9.54. The average Bonchev–Trinajstić information content (AvgIpc) is 2.73. The van der Waals surface area contributed by atoms with Crippen molar-refractivity contribution in [3.05, 3.63) is 71.3 Å². The number of hydrogen-bond acceptors (Lipinski definition) is 6. The van der Waals surface area contributed by atoms with Crippen LogP contribution >= 0.6 is 0 Å². The summed E-state index contributed by atoms with van der Waals surface area (Å²) in [6.07, 6.45) is 1.68. The first kappa shape index (κ1) is 19.0. The van der Waals surface area contributed by atoms with Gasteiger partial charge in [-0.05, 0) is 43.7 Å². The molecule has 0 saturated carbocycles. The third kappa shape index (κ3) is 4.25. The van der Waals surface area contributed by atoms with Crippen LogP contribution in [0.2, 0.25) is 0 Å². The minimum Gasteiger partial charge on any atom is -0.368 e. The van der Waals surface area contributed by atoms with E-state index in [1.54, 1.807) is 12.1 Å². The number of ether oxygens (including phenoxy) is 1. The molecule has 0 bridgehead atoms. The number of amides is 1. The molecule has 148 valence electrons. The summed E-state index contributed by atoms with van der Waals surface area (Å²) in [5, 5.41) is 0. The molecule has 1 saturated heterocycles. The van der Waals surface area contributed by atoms with Gasteiger partial charge in [0.25, 0.3) is 0 Å². The van der Waals surface area contributed by atoms with E-state index in [-0.39, 0.29) is 6.10 Å². The van der Waals surface area contributed by atoms with Crippen LogP contribution in [0.25, 0.3) is 11.1 Å². The Kier molecular flexibility index (Phi) is 5.22. The van der Waals surface area contributed by atoms with Crippen molar-refractivity contribution < 1.29 is 9.53 Å². The smallest absolute Gasteiger partial charge is 0.248 e. The van der Waals surface area contributed by atoms with E-state index >= 15 is 0 Å². The Labute approximate surface area is 169 Å². The first-order valence-corrected chi connectivity index (χ1v) is 9.54. The lowest BCUT2D eigenvalue weighted by atomic mass is 10.0. The number of nitrogens with two attached hydrogens (primary N) is 1. The summed E-state index contributed by atoms with van der Waals surface area (Å²) in [7, 11) is 0. The molecular formula is C22H23N5O2. The summed E-state index contributed by atoms with van der Waals surface area (Å²) in [6.45, 7) is 5.96. The molecule has 7 nitrogen and oxygen atoms in total. The molecule has 7 heteroatoms. The number of hydrogen-bond donors (Lipinski definition) is 1. The summed E-state index contributed by atoms with van der Waals surface area (Å²) in [5.74, 6) is 0.304. The van der Waals surface area contributed by atoms with E-state index in [1.807, 2.05) is 50.4 Å². The maximum absolute atomic E-state index is 11.2. The fraction of sp³-hybridized carbons (Fsp3) is 0.273. The van der Waals surface area contributed by atoms with Crippen molar-refractivity contribution >= 4 is 11.9 Å². The second kappa shape index (κ2) is 7.97. The SMILES string of the molecule is Cc1cc(C)nc(N2CCOC(c3ccc(-c4ccc(C(N)=O)cc4)cn3)C2)n1. The third-order valence-electron chi connectivity index (χ3n) is 4.94. The Morgan fingerprint density at radius 2 is 1.76 bits per heavy atom. The maximum Gasteiger partial charge on any atom is 0.248 e. The normalized spacial score (nSPS) is 16.6. The van der Waals surface area contributed by atoms with E-state index in [0.29, 0.717) is 18.7 Å². The van der Waals surface area contributed by atoms with Crippen LogP contribution in [0.4, 0.5) is 5.95 Å². The van der Waals surface area contributed by atoms with Gasteiger partial charge in [-0.1, -0.05) is 18.2 Å². The third-order valence-corrected chi connectivity index (χ3v) is 4.94. The second-order valence-corrected chi connectivity index (χ2v) is 7.17. The molecule has 2 N–H and O–H groups in total. The number of nitrogens with zero attached hydrogens (tertiary/aromatic N) is 4. The number of benzene rings is 1. The highest BCUT2D eigenvalue weighted by Gasteiger charge is 2.25. The van der Waals surface area contributed by atoms with Crippen LogP contribution in [0.15, 0.2) is 48.7 Å². The van der Waals surface area contributed by atoms with Crippen molar-refractivity contribution in [3.63, 3.8) is 0 Å². The highest BCUT2D eigenvalue weighted by molar-refractivity contribution is 5.93. The highest BCUT2D eigenvalue weighted by atomic mass is 16.5. The van der Waals surface area contributed by atoms with E-state index in [0.717, 1.165) is 40.7 Å². The lowest BCUT2D eigenvalue weighted by molar-refractivity contribution is 0.0364. The summed E-state index contributed by atoms with van der Waals surface area (Å²) < 4.78 is 5.95. The fourth-order valence-electron chi connectivity index (χ4n) is 3.45. The summed E-state index contributed by atoms with van der Waals surface area (Å²) in [4.78, 5) is 27.1. The molecule has 1 amide bonds. The number of aryl methyl sites for hydroxylation is 2. The lowest BCUT2D eigenvalue weighted by Gasteiger charge is -2.33. The predicted octanol–water partition coefficient (Wildman–Crippen LogP) is 2.83. The largest absolute Gasteiger partial charge is 0.368 e. The zero-order valence-corrected chi connectivity index (χ0v) is 16.5. The molecule has 1 aliphatic rings. The number of aromatic nitrogens is 3. The molecule has 0 spiro atoms. The maximum atomic E-state index is 11.2. The number of pyridine rings is 1. The molecule has 1 aromatic carbocycles. The van der Waals surface area contributed by atoms with E-state index in [2.05, 4.69) is 19.9 Å². The van der Waals surface area contributed by atoms with Gasteiger partial charge in [-0.15, -0.1) is 0 Å². The number of primary amides is 1. The van der Waals surface area contributed by atoms with Crippen molar-refractivity contribution in [2.24, 2.45) is 5.73 Å². The number of rotatable bonds is 4. The number of morpholine rings is 1. The van der Waals surface area contributed by atoms with Crippen molar-refractivity contribution in [1.29, 1.82) is 0 Å². The Hall–Kier alpha value is -3.32. The van der Waals surface area contributed by atoms with Crippen molar-refractivity contribution in [2.45, 2.75) is 20.0 Å². The van der Waals surface area contributed by atoms with Crippen LogP contribution in [0, 0.1) is 13.8 Å². The summed E-state index contributed by atoms with van der Waals surface area (Å²) in [5.41, 5.74) is 10.5. The molecule has 3 heterocycles. The van der Waals surface area contributed by atoms with Crippen molar-refractivity contribution in [1.82, 2.24) is 15.0 Å². The minimum absolute atomic E-state index is 0.139. The molecule has 1 fully saturated rings. The van der Waals surface area contributed by atoms with Crippen LogP contribution in [-0.2, 0) is 4.74 Å². The topological polar surface area (TPSA) is 94.2 Å². The molecule has 0 aliphatic carbocycles. The molecule has 1 aliphatic heterocycles. The van der Waals surface area contributed by atoms with Crippen LogP contribution in [0.3, 0.4) is 0 Å². The standard InChI is InChI=1S/C22H23N5O2/c1-14-11-15(2)26-22(25-14)27-9-10-29-20(13-27)19-8-7-18(12-24-19)16-3-5-17(6-4-16)21(23)28/h3-8,11-12,20H,9-10,13H2,1-2H3,(H2,23,28). The van der Waals surface area contributed by atoms with Gasteiger partial charge in [0.15, 0.2) is 0 Å². The minimum atomic E-state index is -0.434. The van der Waals surface area contributed by atoms with E-state index in [9.17, 15) is 4.79 Å². The number of carbonyl (C=O) groups excluding carboxylic acids is 1. The number of carbonyl (C=O) groups is 1. The summed E-state index contributed by atoms with van der Waals surface area (Å²) >= 11 is 0. The quantitative estimate of drug-likeness (QED) is 0.737. The summed E-state index contributed by atoms with van der Waals surface area (Å²) in [6, 6.07) is 13.1. The second-order valence-electron chi connectivity index (χ2n) is 7.17. The molecule has 3 aromatic rings. The zero-order chi connectivity index (χ0) is 20.4. The number of anilines is 1. The molecular weight excluding hydrogens is 366 g/mol. The van der Waals surface area contributed by atoms with E-state index < -0.39 is 5.91 Å². The zero-order valence-electron chi connectivity index (χ0n) is 16.5. The average molecular weight is 389 g/mol. The molecule has 1 atom stereocenters. The monoisotopic (exact) mass is 389 g/mol. The van der Waals surface area contributed by atoms with Gasteiger partial charge in [0, 0.05) is 35.3 Å². The molecule has 1 unspecified atom stereocenters. The first-order chi connectivity index (χ1) is 14.0. The van der Waals surface area contributed by atoms with Gasteiger partial charge in [-0.25, -0.2) is 9.97 Å². The molecule has 4 rings (SSSR count).